The van der Waals surface area contributed by atoms with Crippen LogP contribution >= 0.6 is 0 Å². The molecule has 0 aliphatic carbocycles. The van der Waals surface area contributed by atoms with E-state index in [2.05, 4.69) is 10.9 Å². The van der Waals surface area contributed by atoms with Gasteiger partial charge in [-0.3, -0.25) is 25.2 Å². The quantitative estimate of drug-likeness (QED) is 0.811. The third-order valence-corrected chi connectivity index (χ3v) is 4.43. The van der Waals surface area contributed by atoms with Gasteiger partial charge in [0.25, 0.3) is 11.8 Å². The van der Waals surface area contributed by atoms with Gasteiger partial charge in [-0.15, -0.1) is 0 Å². The first kappa shape index (κ1) is 18.4. The maximum atomic E-state index is 12.2. The number of hydrazine groups is 1. The summed E-state index contributed by atoms with van der Waals surface area (Å²) in [5, 5.41) is 0. The zero-order chi connectivity index (χ0) is 19.4. The van der Waals surface area contributed by atoms with Crippen molar-refractivity contribution in [3.05, 3.63) is 59.7 Å². The van der Waals surface area contributed by atoms with E-state index in [-0.39, 0.29) is 5.91 Å². The molecule has 1 heterocycles. The molecule has 0 aromatic heterocycles. The van der Waals surface area contributed by atoms with Gasteiger partial charge in [0, 0.05) is 49.6 Å². The van der Waals surface area contributed by atoms with Crippen LogP contribution in [0, 0.1) is 0 Å². The minimum absolute atomic E-state index is 0.0967. The predicted molar refractivity (Wildman–Crippen MR) is 104 cm³/mol. The first-order valence-electron chi connectivity index (χ1n) is 8.74. The standard InChI is InChI=1S/C20H22N4O3/c1-23(2)17-6-3-5-15(13-17)20(27)22-21-19(26)14-8-10-16(11-9-14)24-12-4-7-18(24)25/h3,5-6,8-11,13H,4,7,12H2,1-2H3,(H,21,26)(H,22,27). The predicted octanol–water partition coefficient (Wildman–Crippen LogP) is 1.95. The number of carbonyl (C=O) groups excluding carboxylic acids is 3. The lowest BCUT2D eigenvalue weighted by molar-refractivity contribution is -0.117. The van der Waals surface area contributed by atoms with Crippen LogP contribution in [-0.2, 0) is 4.79 Å². The van der Waals surface area contributed by atoms with Crippen LogP contribution in [0.25, 0.3) is 0 Å². The van der Waals surface area contributed by atoms with Gasteiger partial charge >= 0.3 is 0 Å². The normalized spacial score (nSPS) is 13.4. The van der Waals surface area contributed by atoms with Crippen molar-refractivity contribution in [2.45, 2.75) is 12.8 Å². The minimum atomic E-state index is -0.425. The number of rotatable bonds is 4. The van der Waals surface area contributed by atoms with Crippen LogP contribution in [0.3, 0.4) is 0 Å². The third kappa shape index (κ3) is 4.25. The van der Waals surface area contributed by atoms with Crippen LogP contribution in [0.1, 0.15) is 33.6 Å². The van der Waals surface area contributed by atoms with Crippen molar-refractivity contribution in [1.82, 2.24) is 10.9 Å². The Balaban J connectivity index is 1.59. The number of hydrogen-bond acceptors (Lipinski definition) is 4. The number of anilines is 2. The molecule has 7 nitrogen and oxygen atoms in total. The smallest absolute Gasteiger partial charge is 0.269 e. The van der Waals surface area contributed by atoms with Gasteiger partial charge in [-0.1, -0.05) is 6.07 Å². The van der Waals surface area contributed by atoms with Gasteiger partial charge in [0.05, 0.1) is 0 Å². The second kappa shape index (κ2) is 7.90. The van der Waals surface area contributed by atoms with Crippen LogP contribution in [-0.4, -0.2) is 38.4 Å². The van der Waals surface area contributed by atoms with E-state index < -0.39 is 11.8 Å². The molecule has 2 N–H and O–H groups in total. The van der Waals surface area contributed by atoms with E-state index in [1.54, 1.807) is 47.4 Å². The summed E-state index contributed by atoms with van der Waals surface area (Å²) in [6.07, 6.45) is 1.41. The summed E-state index contributed by atoms with van der Waals surface area (Å²) < 4.78 is 0. The average molecular weight is 366 g/mol. The molecule has 0 unspecified atom stereocenters. The minimum Gasteiger partial charge on any atom is -0.378 e. The monoisotopic (exact) mass is 366 g/mol. The summed E-state index contributed by atoms with van der Waals surface area (Å²) in [7, 11) is 3.77. The third-order valence-electron chi connectivity index (χ3n) is 4.43. The fourth-order valence-corrected chi connectivity index (χ4v) is 2.90. The highest BCUT2D eigenvalue weighted by Crippen LogP contribution is 2.21. The topological polar surface area (TPSA) is 81.8 Å². The Morgan fingerprint density at radius 1 is 0.963 bits per heavy atom. The zero-order valence-electron chi connectivity index (χ0n) is 15.4. The zero-order valence-corrected chi connectivity index (χ0v) is 15.4. The molecule has 1 saturated heterocycles. The molecule has 1 fully saturated rings. The molecule has 0 radical (unpaired) electrons. The Kier molecular flexibility index (Phi) is 5.40. The number of nitrogens with one attached hydrogen (secondary N) is 2. The molecule has 7 heteroatoms. The number of hydrogen-bond donors (Lipinski definition) is 2. The molecule has 140 valence electrons. The molecule has 2 aromatic carbocycles. The van der Waals surface area contributed by atoms with Gasteiger partial charge in [-0.05, 0) is 48.9 Å². The van der Waals surface area contributed by atoms with Crippen LogP contribution in [0.2, 0.25) is 0 Å². The fourth-order valence-electron chi connectivity index (χ4n) is 2.90. The van der Waals surface area contributed by atoms with Crippen molar-refractivity contribution < 1.29 is 14.4 Å². The Bertz CT molecular complexity index is 862. The van der Waals surface area contributed by atoms with Crippen molar-refractivity contribution in [3.63, 3.8) is 0 Å². The number of nitrogens with zero attached hydrogens (tertiary/aromatic N) is 2. The number of benzene rings is 2. The second-order valence-corrected chi connectivity index (χ2v) is 6.55. The molecule has 0 atom stereocenters. The van der Waals surface area contributed by atoms with Crippen molar-refractivity contribution in [1.29, 1.82) is 0 Å². The summed E-state index contributed by atoms with van der Waals surface area (Å²) in [4.78, 5) is 39.8. The summed E-state index contributed by atoms with van der Waals surface area (Å²) >= 11 is 0. The highest BCUT2D eigenvalue weighted by molar-refractivity contribution is 6.00. The van der Waals surface area contributed by atoms with E-state index in [9.17, 15) is 14.4 Å². The van der Waals surface area contributed by atoms with Gasteiger partial charge < -0.3 is 9.80 Å². The van der Waals surface area contributed by atoms with E-state index in [1.165, 1.54) is 0 Å². The van der Waals surface area contributed by atoms with E-state index in [1.807, 2.05) is 25.1 Å². The maximum Gasteiger partial charge on any atom is 0.269 e. The first-order valence-corrected chi connectivity index (χ1v) is 8.74. The molecule has 0 spiro atoms. The van der Waals surface area contributed by atoms with Crippen LogP contribution in [0.5, 0.6) is 0 Å². The molecule has 0 bridgehead atoms. The molecule has 2 aromatic rings. The van der Waals surface area contributed by atoms with Gasteiger partial charge in [0.15, 0.2) is 0 Å². The second-order valence-electron chi connectivity index (χ2n) is 6.55. The van der Waals surface area contributed by atoms with Gasteiger partial charge in [-0.25, -0.2) is 0 Å². The van der Waals surface area contributed by atoms with Crippen LogP contribution in [0.15, 0.2) is 48.5 Å². The van der Waals surface area contributed by atoms with Crippen molar-refractivity contribution in [3.8, 4) is 0 Å². The molecular weight excluding hydrogens is 344 g/mol. The number of amides is 3. The van der Waals surface area contributed by atoms with E-state index in [4.69, 9.17) is 0 Å². The van der Waals surface area contributed by atoms with Crippen LogP contribution in [0.4, 0.5) is 11.4 Å². The lowest BCUT2D eigenvalue weighted by Gasteiger charge is -2.16. The van der Waals surface area contributed by atoms with Gasteiger partial charge in [0.1, 0.15) is 0 Å². The molecule has 1 aliphatic rings. The van der Waals surface area contributed by atoms with Crippen molar-refractivity contribution in [2.24, 2.45) is 0 Å². The lowest BCUT2D eigenvalue weighted by atomic mass is 10.2. The molecular formula is C20H22N4O3. The Morgan fingerprint density at radius 2 is 1.63 bits per heavy atom. The Hall–Kier alpha value is -3.35. The SMILES string of the molecule is CN(C)c1cccc(C(=O)NNC(=O)c2ccc(N3CCCC3=O)cc2)c1. The molecule has 3 rings (SSSR count). The summed E-state index contributed by atoms with van der Waals surface area (Å²) in [6.45, 7) is 0.701. The highest BCUT2D eigenvalue weighted by atomic mass is 16.2. The average Bonchev–Trinajstić information content (AvgIpc) is 3.12. The Labute approximate surface area is 157 Å². The van der Waals surface area contributed by atoms with Gasteiger partial charge in [-0.2, -0.15) is 0 Å². The maximum absolute atomic E-state index is 12.2. The van der Waals surface area contributed by atoms with Crippen LogP contribution < -0.4 is 20.7 Å². The summed E-state index contributed by atoms with van der Waals surface area (Å²) in [5.74, 6) is -0.725. The molecule has 27 heavy (non-hydrogen) atoms. The molecule has 0 saturated carbocycles. The summed E-state index contributed by atoms with van der Waals surface area (Å²) in [6, 6.07) is 13.8. The van der Waals surface area contributed by atoms with Crippen molar-refractivity contribution >= 4 is 29.1 Å². The van der Waals surface area contributed by atoms with Gasteiger partial charge in [0.2, 0.25) is 5.91 Å². The van der Waals surface area contributed by atoms with E-state index in [0.29, 0.717) is 24.1 Å². The summed E-state index contributed by atoms with van der Waals surface area (Å²) in [5.41, 5.74) is 7.34. The first-order chi connectivity index (χ1) is 13.0. The van der Waals surface area contributed by atoms with E-state index in [0.717, 1.165) is 17.8 Å². The number of carbonyl (C=O) groups is 3. The largest absolute Gasteiger partial charge is 0.378 e. The van der Waals surface area contributed by atoms with E-state index >= 15 is 0 Å². The molecule has 3 amide bonds. The Morgan fingerprint density at radius 3 is 2.22 bits per heavy atom. The highest BCUT2D eigenvalue weighted by Gasteiger charge is 2.21. The fraction of sp³-hybridized carbons (Fsp3) is 0.250. The molecule has 1 aliphatic heterocycles. The lowest BCUT2D eigenvalue weighted by Crippen LogP contribution is -2.41. The van der Waals surface area contributed by atoms with Crippen molar-refractivity contribution in [2.75, 3.05) is 30.4 Å².